The molecule has 2 aromatic heterocycles. The summed E-state index contributed by atoms with van der Waals surface area (Å²) in [5.74, 6) is 0.190. The Hall–Kier alpha value is -1.40. The summed E-state index contributed by atoms with van der Waals surface area (Å²) in [5, 5.41) is 9.53. The van der Waals surface area contributed by atoms with Crippen LogP contribution in [0.15, 0.2) is 17.1 Å². The first-order valence-corrected chi connectivity index (χ1v) is 4.26. The van der Waals surface area contributed by atoms with Gasteiger partial charge in [0.2, 0.25) is 0 Å². The highest BCUT2D eigenvalue weighted by Crippen LogP contribution is 2.19. The van der Waals surface area contributed by atoms with Gasteiger partial charge >= 0.3 is 5.69 Å². The SMILES string of the molecule is O=c1[nH]nnn1-c1ncc(Cl)cc1Cl. The number of aromatic amines is 1. The van der Waals surface area contributed by atoms with E-state index in [1.807, 2.05) is 0 Å². The smallest absolute Gasteiger partial charge is 0.244 e. The molecule has 0 aliphatic rings. The predicted molar refractivity (Wildman–Crippen MR) is 49.8 cm³/mol. The van der Waals surface area contributed by atoms with Crippen LogP contribution in [0.1, 0.15) is 0 Å². The third-order valence-electron chi connectivity index (χ3n) is 1.46. The standard InChI is InChI=1S/C6H3Cl2N5O/c7-3-1-4(8)5(9-2-3)13-6(14)10-11-12-13/h1-2H,(H,10,12,14). The number of hydrogen-bond acceptors (Lipinski definition) is 4. The number of hydrogen-bond donors (Lipinski definition) is 1. The van der Waals surface area contributed by atoms with Gasteiger partial charge < -0.3 is 0 Å². The summed E-state index contributed by atoms with van der Waals surface area (Å²) in [6.45, 7) is 0. The molecule has 0 aromatic carbocycles. The maximum Gasteiger partial charge on any atom is 0.367 e. The first kappa shape index (κ1) is 9.17. The van der Waals surface area contributed by atoms with Gasteiger partial charge in [-0.3, -0.25) is 0 Å². The molecule has 14 heavy (non-hydrogen) atoms. The van der Waals surface area contributed by atoms with Gasteiger partial charge in [0.25, 0.3) is 0 Å². The van der Waals surface area contributed by atoms with Crippen molar-refractivity contribution in [2.45, 2.75) is 0 Å². The minimum absolute atomic E-state index is 0.190. The van der Waals surface area contributed by atoms with Crippen LogP contribution in [0, 0.1) is 0 Å². The zero-order valence-corrected chi connectivity index (χ0v) is 8.12. The molecule has 72 valence electrons. The molecule has 0 saturated carbocycles. The number of tetrazole rings is 1. The van der Waals surface area contributed by atoms with Gasteiger partial charge in [-0.15, -0.1) is 4.68 Å². The second-order valence-corrected chi connectivity index (χ2v) is 3.22. The largest absolute Gasteiger partial charge is 0.367 e. The van der Waals surface area contributed by atoms with Crippen molar-refractivity contribution < 1.29 is 0 Å². The molecule has 0 aliphatic heterocycles. The van der Waals surface area contributed by atoms with Crippen molar-refractivity contribution in [3.05, 3.63) is 32.8 Å². The Kier molecular flexibility index (Phi) is 2.22. The molecule has 2 aromatic rings. The summed E-state index contributed by atoms with van der Waals surface area (Å²) in [6, 6.07) is 1.46. The van der Waals surface area contributed by atoms with Gasteiger partial charge in [-0.1, -0.05) is 23.2 Å². The number of nitrogens with zero attached hydrogens (tertiary/aromatic N) is 4. The molecule has 8 heteroatoms. The monoisotopic (exact) mass is 231 g/mol. The molecule has 0 fully saturated rings. The van der Waals surface area contributed by atoms with E-state index in [0.29, 0.717) is 5.02 Å². The van der Waals surface area contributed by atoms with Crippen LogP contribution in [-0.4, -0.2) is 25.2 Å². The molecule has 0 saturated heterocycles. The molecule has 0 amide bonds. The Labute approximate surface area is 87.5 Å². The summed E-state index contributed by atoms with van der Waals surface area (Å²) in [6.07, 6.45) is 1.36. The number of halogens is 2. The number of nitrogens with one attached hydrogen (secondary N) is 1. The van der Waals surface area contributed by atoms with Gasteiger partial charge in [0.15, 0.2) is 5.82 Å². The van der Waals surface area contributed by atoms with E-state index in [1.54, 1.807) is 0 Å². The molecule has 0 bridgehead atoms. The summed E-state index contributed by atoms with van der Waals surface area (Å²) < 4.78 is 0.943. The van der Waals surface area contributed by atoms with E-state index >= 15 is 0 Å². The Morgan fingerprint density at radius 3 is 2.79 bits per heavy atom. The Balaban J connectivity index is 2.63. The number of rotatable bonds is 1. The topological polar surface area (TPSA) is 76.5 Å². The lowest BCUT2D eigenvalue weighted by atomic mass is 10.4. The lowest BCUT2D eigenvalue weighted by Crippen LogP contribution is -2.17. The highest BCUT2D eigenvalue weighted by atomic mass is 35.5. The van der Waals surface area contributed by atoms with E-state index in [1.165, 1.54) is 12.3 Å². The molecule has 0 radical (unpaired) electrons. The Morgan fingerprint density at radius 1 is 1.43 bits per heavy atom. The third-order valence-corrected chi connectivity index (χ3v) is 1.95. The average Bonchev–Trinajstić information content (AvgIpc) is 2.52. The van der Waals surface area contributed by atoms with Crippen molar-refractivity contribution in [3.63, 3.8) is 0 Å². The van der Waals surface area contributed by atoms with Crippen molar-refractivity contribution in [2.24, 2.45) is 0 Å². The maximum absolute atomic E-state index is 11.1. The van der Waals surface area contributed by atoms with Crippen molar-refractivity contribution in [1.82, 2.24) is 25.2 Å². The number of pyridine rings is 1. The molecule has 0 atom stereocenters. The van der Waals surface area contributed by atoms with Gasteiger partial charge in [-0.25, -0.2) is 14.9 Å². The first-order valence-electron chi connectivity index (χ1n) is 3.50. The quantitative estimate of drug-likeness (QED) is 0.783. The fourth-order valence-corrected chi connectivity index (χ4v) is 1.36. The zero-order valence-electron chi connectivity index (χ0n) is 6.61. The van der Waals surface area contributed by atoms with Crippen molar-refractivity contribution in [2.75, 3.05) is 0 Å². The fourth-order valence-electron chi connectivity index (χ4n) is 0.900. The summed E-state index contributed by atoms with van der Waals surface area (Å²) in [5.41, 5.74) is -0.512. The van der Waals surface area contributed by atoms with Crippen molar-refractivity contribution in [1.29, 1.82) is 0 Å². The second kappa shape index (κ2) is 3.39. The Morgan fingerprint density at radius 2 is 2.21 bits per heavy atom. The highest BCUT2D eigenvalue weighted by molar-refractivity contribution is 6.35. The minimum atomic E-state index is -0.512. The molecular formula is C6H3Cl2N5O. The third kappa shape index (κ3) is 1.49. The summed E-state index contributed by atoms with van der Waals surface area (Å²) >= 11 is 11.4. The van der Waals surface area contributed by atoms with Gasteiger partial charge in [-0.2, -0.15) is 0 Å². The maximum atomic E-state index is 11.1. The van der Waals surface area contributed by atoms with E-state index < -0.39 is 5.69 Å². The van der Waals surface area contributed by atoms with E-state index in [4.69, 9.17) is 23.2 Å². The molecular weight excluding hydrogens is 229 g/mol. The fraction of sp³-hybridized carbons (Fsp3) is 0. The average molecular weight is 232 g/mol. The molecule has 6 nitrogen and oxygen atoms in total. The molecule has 1 N–H and O–H groups in total. The normalized spacial score (nSPS) is 10.4. The van der Waals surface area contributed by atoms with Crippen molar-refractivity contribution >= 4 is 23.2 Å². The van der Waals surface area contributed by atoms with E-state index in [2.05, 4.69) is 20.5 Å². The van der Waals surface area contributed by atoms with Crippen LogP contribution in [0.25, 0.3) is 5.82 Å². The van der Waals surface area contributed by atoms with Gasteiger partial charge in [0.05, 0.1) is 10.0 Å². The molecule has 0 aliphatic carbocycles. The second-order valence-electron chi connectivity index (χ2n) is 2.38. The lowest BCUT2D eigenvalue weighted by Gasteiger charge is -1.99. The summed E-state index contributed by atoms with van der Waals surface area (Å²) in [7, 11) is 0. The molecule has 2 rings (SSSR count). The van der Waals surface area contributed by atoms with E-state index in [0.717, 1.165) is 4.68 Å². The van der Waals surface area contributed by atoms with Gasteiger partial charge in [0, 0.05) is 6.20 Å². The molecule has 2 heterocycles. The van der Waals surface area contributed by atoms with Crippen LogP contribution in [0.4, 0.5) is 0 Å². The molecule has 0 spiro atoms. The zero-order chi connectivity index (χ0) is 10.1. The van der Waals surface area contributed by atoms with Crippen LogP contribution in [0.2, 0.25) is 10.0 Å². The van der Waals surface area contributed by atoms with Crippen molar-refractivity contribution in [3.8, 4) is 5.82 Å². The number of H-pyrrole nitrogens is 1. The van der Waals surface area contributed by atoms with Crippen LogP contribution < -0.4 is 5.69 Å². The minimum Gasteiger partial charge on any atom is -0.244 e. The van der Waals surface area contributed by atoms with Crippen LogP contribution in [0.3, 0.4) is 0 Å². The molecule has 0 unspecified atom stereocenters. The Bertz CT molecular complexity index is 519. The van der Waals surface area contributed by atoms with Gasteiger partial charge in [-0.05, 0) is 16.5 Å². The lowest BCUT2D eigenvalue weighted by molar-refractivity contribution is 0.760. The van der Waals surface area contributed by atoms with Crippen LogP contribution in [0.5, 0.6) is 0 Å². The predicted octanol–water partition coefficient (Wildman–Crippen LogP) is 0.657. The number of aromatic nitrogens is 5. The van der Waals surface area contributed by atoms with Gasteiger partial charge in [0.1, 0.15) is 0 Å². The van der Waals surface area contributed by atoms with E-state index in [-0.39, 0.29) is 10.8 Å². The highest BCUT2D eigenvalue weighted by Gasteiger charge is 2.09. The summed E-state index contributed by atoms with van der Waals surface area (Å²) in [4.78, 5) is 15.0. The van der Waals surface area contributed by atoms with Crippen LogP contribution >= 0.6 is 23.2 Å². The van der Waals surface area contributed by atoms with E-state index in [9.17, 15) is 4.79 Å². The first-order chi connectivity index (χ1) is 6.68. The van der Waals surface area contributed by atoms with Crippen LogP contribution in [-0.2, 0) is 0 Å².